The molecule has 37 heavy (non-hydrogen) atoms. The molecule has 0 bridgehead atoms. The van der Waals surface area contributed by atoms with Crippen molar-refractivity contribution in [1.29, 1.82) is 5.26 Å². The molecule has 2 aromatic carbocycles. The maximum atomic E-state index is 13.7. The topological polar surface area (TPSA) is 143 Å². The molecule has 1 saturated heterocycles. The first kappa shape index (κ1) is 23.9. The summed E-state index contributed by atoms with van der Waals surface area (Å²) in [6.45, 7) is 0.492. The number of nitriles is 1. The van der Waals surface area contributed by atoms with Crippen molar-refractivity contribution in [1.82, 2.24) is 19.0 Å². The third-order valence-corrected chi connectivity index (χ3v) is 6.42. The zero-order valence-corrected chi connectivity index (χ0v) is 19.9. The highest BCUT2D eigenvalue weighted by Gasteiger charge is 2.31. The molecule has 4 aromatic rings. The summed E-state index contributed by atoms with van der Waals surface area (Å²) < 4.78 is 14.0. The van der Waals surface area contributed by atoms with Gasteiger partial charge in [0.05, 0.1) is 22.8 Å². The lowest BCUT2D eigenvalue weighted by atomic mass is 10.0. The fourth-order valence-electron chi connectivity index (χ4n) is 4.68. The van der Waals surface area contributed by atoms with E-state index in [4.69, 9.17) is 9.47 Å². The van der Waals surface area contributed by atoms with E-state index in [9.17, 15) is 25.1 Å². The maximum absolute atomic E-state index is 13.7. The molecule has 0 saturated carbocycles. The van der Waals surface area contributed by atoms with E-state index in [0.29, 0.717) is 46.7 Å². The minimum Gasteiger partial charge on any atom is -0.507 e. The second-order valence-corrected chi connectivity index (χ2v) is 8.58. The summed E-state index contributed by atoms with van der Waals surface area (Å²) in [5, 5.41) is 28.6. The van der Waals surface area contributed by atoms with E-state index in [1.807, 2.05) is 6.07 Å². The van der Waals surface area contributed by atoms with Crippen LogP contribution in [-0.2, 0) is 4.74 Å². The number of hydrogen-bond acceptors (Lipinski definition) is 7. The molecule has 3 heterocycles. The van der Waals surface area contributed by atoms with E-state index in [-0.39, 0.29) is 36.4 Å². The molecule has 1 amide bonds. The number of aromatic nitrogens is 3. The molecule has 2 N–H and O–H groups in total. The van der Waals surface area contributed by atoms with Gasteiger partial charge in [0.25, 0.3) is 0 Å². The zero-order chi connectivity index (χ0) is 26.1. The van der Waals surface area contributed by atoms with Crippen LogP contribution in [0.5, 0.6) is 11.5 Å². The number of fused-ring (bicyclic) bond motifs is 1. The lowest BCUT2D eigenvalue weighted by Gasteiger charge is -2.14. The van der Waals surface area contributed by atoms with E-state index in [2.05, 4.69) is 4.98 Å². The number of carboxylic acid groups (broad SMARTS) is 1. The van der Waals surface area contributed by atoms with Gasteiger partial charge in [-0.2, -0.15) is 5.26 Å². The summed E-state index contributed by atoms with van der Waals surface area (Å²) in [6, 6.07) is 15.0. The van der Waals surface area contributed by atoms with Gasteiger partial charge in [-0.15, -0.1) is 0 Å². The number of carbonyl (C=O) groups is 1. The minimum absolute atomic E-state index is 0.0506. The van der Waals surface area contributed by atoms with Crippen molar-refractivity contribution in [2.45, 2.75) is 12.5 Å². The summed E-state index contributed by atoms with van der Waals surface area (Å²) in [4.78, 5) is 30.9. The van der Waals surface area contributed by atoms with Gasteiger partial charge in [-0.3, -0.25) is 9.13 Å². The van der Waals surface area contributed by atoms with Gasteiger partial charge in [-0.05, 0) is 48.4 Å². The van der Waals surface area contributed by atoms with E-state index < -0.39 is 6.09 Å². The number of benzene rings is 2. The van der Waals surface area contributed by atoms with Crippen molar-refractivity contribution in [3.8, 4) is 34.4 Å². The van der Waals surface area contributed by atoms with Crippen LogP contribution in [0.15, 0.2) is 59.5 Å². The normalized spacial score (nSPS) is 15.1. The smallest absolute Gasteiger partial charge is 0.407 e. The summed E-state index contributed by atoms with van der Waals surface area (Å²) in [5.74, 6) is 0.283. The molecule has 188 valence electrons. The van der Waals surface area contributed by atoms with Crippen LogP contribution in [0.25, 0.3) is 28.0 Å². The molecule has 2 aromatic heterocycles. The predicted octanol–water partition coefficient (Wildman–Crippen LogP) is 3.34. The Labute approximate surface area is 211 Å². The molecule has 1 fully saturated rings. The van der Waals surface area contributed by atoms with Gasteiger partial charge in [0.15, 0.2) is 12.4 Å². The SMILES string of the molecule is COCOc1cc(-n2c(=O)n([C@H]3CCN(C(=O)O)C3)c3ncccc32)ccc1-c1ccc(O)c(C#N)c1. The lowest BCUT2D eigenvalue weighted by Crippen LogP contribution is -2.31. The fraction of sp³-hybridized carbons (Fsp3) is 0.231. The molecule has 11 heteroatoms. The first-order valence-electron chi connectivity index (χ1n) is 11.5. The molecule has 0 aliphatic carbocycles. The Hall–Kier alpha value is -4.82. The number of nitrogens with zero attached hydrogens (tertiary/aromatic N) is 5. The Kier molecular flexibility index (Phi) is 6.25. The summed E-state index contributed by atoms with van der Waals surface area (Å²) in [7, 11) is 1.49. The van der Waals surface area contributed by atoms with Crippen molar-refractivity contribution in [2.24, 2.45) is 0 Å². The fourth-order valence-corrected chi connectivity index (χ4v) is 4.68. The molecule has 11 nitrogen and oxygen atoms in total. The maximum Gasteiger partial charge on any atom is 0.407 e. The summed E-state index contributed by atoms with van der Waals surface area (Å²) in [6.07, 6.45) is 1.09. The molecular weight excluding hydrogens is 478 g/mol. The Morgan fingerprint density at radius 3 is 2.81 bits per heavy atom. The Morgan fingerprint density at radius 2 is 2.08 bits per heavy atom. The van der Waals surface area contributed by atoms with Crippen LogP contribution < -0.4 is 10.4 Å². The van der Waals surface area contributed by atoms with Crippen molar-refractivity contribution in [3.63, 3.8) is 0 Å². The van der Waals surface area contributed by atoms with Crippen molar-refractivity contribution in [3.05, 3.63) is 70.8 Å². The number of likely N-dealkylation sites (tertiary alicyclic amines) is 1. The molecule has 5 rings (SSSR count). The molecule has 1 aliphatic heterocycles. The Morgan fingerprint density at radius 1 is 1.24 bits per heavy atom. The number of rotatable bonds is 6. The van der Waals surface area contributed by atoms with Crippen molar-refractivity contribution in [2.75, 3.05) is 27.0 Å². The van der Waals surface area contributed by atoms with Crippen LogP contribution in [0.2, 0.25) is 0 Å². The quantitative estimate of drug-likeness (QED) is 0.383. The summed E-state index contributed by atoms with van der Waals surface area (Å²) in [5.41, 5.74) is 2.62. The van der Waals surface area contributed by atoms with Crippen LogP contribution in [0.4, 0.5) is 4.79 Å². The van der Waals surface area contributed by atoms with Gasteiger partial charge in [-0.1, -0.05) is 6.07 Å². The number of amides is 1. The zero-order valence-electron chi connectivity index (χ0n) is 19.9. The Balaban J connectivity index is 1.65. The van der Waals surface area contributed by atoms with Gasteiger partial charge >= 0.3 is 11.8 Å². The van der Waals surface area contributed by atoms with Crippen LogP contribution in [-0.4, -0.2) is 62.3 Å². The monoisotopic (exact) mass is 501 g/mol. The van der Waals surface area contributed by atoms with Crippen LogP contribution in [0.1, 0.15) is 18.0 Å². The van der Waals surface area contributed by atoms with Gasteiger partial charge in [0, 0.05) is 38.0 Å². The number of hydrogen-bond donors (Lipinski definition) is 2. The Bertz CT molecular complexity index is 1600. The van der Waals surface area contributed by atoms with E-state index in [0.717, 1.165) is 0 Å². The molecular formula is C26H23N5O6. The molecule has 1 aliphatic rings. The van der Waals surface area contributed by atoms with Gasteiger partial charge in [-0.25, -0.2) is 14.6 Å². The highest BCUT2D eigenvalue weighted by molar-refractivity contribution is 5.77. The number of methoxy groups -OCH3 is 1. The average Bonchev–Trinajstić information content (AvgIpc) is 3.50. The number of imidazole rings is 1. The first-order chi connectivity index (χ1) is 17.9. The lowest BCUT2D eigenvalue weighted by molar-refractivity contribution is 0.0515. The van der Waals surface area contributed by atoms with E-state index in [1.54, 1.807) is 53.2 Å². The number of ether oxygens (including phenoxy) is 2. The average molecular weight is 501 g/mol. The number of phenolic OH excluding ortho intramolecular Hbond substituents is 1. The van der Waals surface area contributed by atoms with Gasteiger partial charge in [0.1, 0.15) is 17.6 Å². The first-order valence-corrected chi connectivity index (χ1v) is 11.5. The predicted molar refractivity (Wildman–Crippen MR) is 133 cm³/mol. The number of aromatic hydroxyl groups is 1. The van der Waals surface area contributed by atoms with Crippen molar-refractivity contribution < 1.29 is 24.5 Å². The highest BCUT2D eigenvalue weighted by atomic mass is 16.7. The standard InChI is InChI=1S/C26H23N5O6/c1-36-15-37-23-12-18(5-6-20(23)16-4-7-22(32)17(11-16)13-27)30-21-3-2-9-28-24(21)31(25(30)33)19-8-10-29(14-19)26(34)35/h2-7,9,11-12,19,32H,8,10,14-15H2,1H3,(H,34,35)/t19-/m0/s1. The van der Waals surface area contributed by atoms with Crippen molar-refractivity contribution >= 4 is 17.3 Å². The third kappa shape index (κ3) is 4.23. The van der Waals surface area contributed by atoms with Crippen LogP contribution in [0.3, 0.4) is 0 Å². The molecule has 1 atom stereocenters. The minimum atomic E-state index is -1.02. The molecule has 0 spiro atoms. The van der Waals surface area contributed by atoms with Gasteiger partial charge < -0.3 is 24.6 Å². The van der Waals surface area contributed by atoms with Crippen LogP contribution >= 0.6 is 0 Å². The largest absolute Gasteiger partial charge is 0.507 e. The van der Waals surface area contributed by atoms with E-state index >= 15 is 0 Å². The van der Waals surface area contributed by atoms with Crippen LogP contribution in [0, 0.1) is 11.3 Å². The molecule has 0 unspecified atom stereocenters. The number of phenols is 1. The second kappa shape index (κ2) is 9.67. The molecule has 0 radical (unpaired) electrons. The highest BCUT2D eigenvalue weighted by Crippen LogP contribution is 2.35. The van der Waals surface area contributed by atoms with E-state index in [1.165, 1.54) is 22.6 Å². The third-order valence-electron chi connectivity index (χ3n) is 6.42. The second-order valence-electron chi connectivity index (χ2n) is 8.58. The van der Waals surface area contributed by atoms with Gasteiger partial charge in [0.2, 0.25) is 0 Å². The summed E-state index contributed by atoms with van der Waals surface area (Å²) >= 11 is 0. The number of pyridine rings is 1.